The summed E-state index contributed by atoms with van der Waals surface area (Å²) < 4.78 is 16.2. The average Bonchev–Trinajstić information content (AvgIpc) is 3.06. The molecule has 3 rings (SSSR count). The normalized spacial score (nSPS) is 18.4. The maximum absolute atomic E-state index is 13.9. The van der Waals surface area contributed by atoms with Gasteiger partial charge >= 0.3 is 0 Å². The van der Waals surface area contributed by atoms with Crippen LogP contribution in [0.15, 0.2) is 29.8 Å². The third-order valence-corrected chi connectivity index (χ3v) is 4.87. The lowest BCUT2D eigenvalue weighted by Crippen LogP contribution is -2.40. The summed E-state index contributed by atoms with van der Waals surface area (Å²) in [6.45, 7) is 0.959. The smallest absolute Gasteiger partial charge is 0.244 e. The summed E-state index contributed by atoms with van der Waals surface area (Å²) in [5, 5.41) is 4.15. The second-order valence-corrected chi connectivity index (χ2v) is 6.63. The number of amides is 1. The first-order valence-electron chi connectivity index (χ1n) is 6.84. The Hall–Kier alpha value is -1.64. The monoisotopic (exact) mass is 338 g/mol. The van der Waals surface area contributed by atoms with E-state index in [1.54, 1.807) is 28.4 Å². The lowest BCUT2D eigenvalue weighted by atomic mass is 10.2. The van der Waals surface area contributed by atoms with Gasteiger partial charge in [-0.2, -0.15) is 5.10 Å². The third kappa shape index (κ3) is 2.81. The third-order valence-electron chi connectivity index (χ3n) is 3.76. The van der Waals surface area contributed by atoms with Crippen LogP contribution < -0.4 is 4.90 Å². The Balaban J connectivity index is 1.75. The van der Waals surface area contributed by atoms with E-state index in [1.165, 1.54) is 22.3 Å². The largest absolute Gasteiger partial charge is 0.308 e. The van der Waals surface area contributed by atoms with Crippen LogP contribution >= 0.6 is 23.6 Å². The number of benzene rings is 1. The molecule has 1 aliphatic heterocycles. The summed E-state index contributed by atoms with van der Waals surface area (Å²) in [4.78, 5) is 16.0. The van der Waals surface area contributed by atoms with E-state index in [4.69, 9.17) is 12.2 Å². The minimum absolute atomic E-state index is 0.0886. The lowest BCUT2D eigenvalue weighted by Gasteiger charge is -2.23. The molecule has 1 amide bonds. The molecule has 0 spiro atoms. The Morgan fingerprint density at radius 2 is 2.27 bits per heavy atom. The highest BCUT2D eigenvalue weighted by Gasteiger charge is 2.36. The second-order valence-electron chi connectivity index (χ2n) is 5.15. The Morgan fingerprint density at radius 3 is 2.95 bits per heavy atom. The van der Waals surface area contributed by atoms with Crippen molar-refractivity contribution < 1.29 is 9.18 Å². The number of aromatic nitrogens is 2. The first-order valence-corrected chi connectivity index (χ1v) is 8.13. The number of likely N-dealkylation sites (N-methyl/N-ethyl adjacent to an activating group) is 1. The highest BCUT2D eigenvalue weighted by atomic mass is 32.1. The van der Waals surface area contributed by atoms with Gasteiger partial charge in [-0.25, -0.2) is 9.07 Å². The standard InChI is InChI=1S/C14H15FN4OS2/c1-17(9-19-14(21)22-8-16-19)12-6-7-18(13(12)20)11-5-3-2-4-10(11)15/h2-5,8,12H,6-7,9H2,1H3. The SMILES string of the molecule is CN(Cn1ncsc1=S)C1CCN(c2ccccc2F)C1=O. The first-order chi connectivity index (χ1) is 10.6. The summed E-state index contributed by atoms with van der Waals surface area (Å²) in [7, 11) is 1.86. The zero-order valence-corrected chi connectivity index (χ0v) is 13.6. The molecule has 1 atom stereocenters. The first kappa shape index (κ1) is 15.3. The van der Waals surface area contributed by atoms with Crippen LogP contribution in [-0.4, -0.2) is 40.2 Å². The van der Waals surface area contributed by atoms with Gasteiger partial charge in [0, 0.05) is 6.54 Å². The highest BCUT2D eigenvalue weighted by molar-refractivity contribution is 7.73. The molecule has 8 heteroatoms. The summed E-state index contributed by atoms with van der Waals surface area (Å²) in [6.07, 6.45) is 0.654. The molecule has 0 aliphatic carbocycles. The van der Waals surface area contributed by atoms with E-state index in [2.05, 4.69) is 5.10 Å². The van der Waals surface area contributed by atoms with Gasteiger partial charge in [0.05, 0.1) is 18.4 Å². The molecule has 5 nitrogen and oxygen atoms in total. The minimum Gasteiger partial charge on any atom is -0.308 e. The molecule has 1 aliphatic rings. The highest BCUT2D eigenvalue weighted by Crippen LogP contribution is 2.26. The molecule has 116 valence electrons. The Labute approximate surface area is 136 Å². The van der Waals surface area contributed by atoms with Crippen molar-refractivity contribution in [1.82, 2.24) is 14.7 Å². The van der Waals surface area contributed by atoms with Gasteiger partial charge in [-0.15, -0.1) is 0 Å². The molecular formula is C14H15FN4OS2. The Bertz CT molecular complexity index is 744. The minimum atomic E-state index is -0.374. The van der Waals surface area contributed by atoms with Gasteiger partial charge in [0.25, 0.3) is 0 Å². The van der Waals surface area contributed by atoms with Gasteiger partial charge in [-0.05, 0) is 37.8 Å². The van der Waals surface area contributed by atoms with Crippen LogP contribution in [-0.2, 0) is 11.5 Å². The number of anilines is 1. The van der Waals surface area contributed by atoms with Crippen molar-refractivity contribution in [2.75, 3.05) is 18.5 Å². The van der Waals surface area contributed by atoms with Crippen LogP contribution in [0.3, 0.4) is 0 Å². The van der Waals surface area contributed by atoms with Crippen LogP contribution in [0.2, 0.25) is 0 Å². The fourth-order valence-corrected chi connectivity index (χ4v) is 3.33. The second kappa shape index (κ2) is 6.23. The van der Waals surface area contributed by atoms with Crippen LogP contribution in [0, 0.1) is 9.77 Å². The van der Waals surface area contributed by atoms with E-state index in [0.717, 1.165) is 0 Å². The number of rotatable bonds is 4. The van der Waals surface area contributed by atoms with Crippen LogP contribution in [0.25, 0.3) is 0 Å². The molecule has 2 heterocycles. The van der Waals surface area contributed by atoms with Crippen LogP contribution in [0.5, 0.6) is 0 Å². The Morgan fingerprint density at radius 1 is 1.50 bits per heavy atom. The van der Waals surface area contributed by atoms with E-state index in [0.29, 0.717) is 29.3 Å². The number of para-hydroxylation sites is 1. The van der Waals surface area contributed by atoms with Gasteiger partial charge in [-0.1, -0.05) is 23.5 Å². The molecule has 0 bridgehead atoms. The molecule has 1 saturated heterocycles. The van der Waals surface area contributed by atoms with Gasteiger partial charge in [-0.3, -0.25) is 9.69 Å². The van der Waals surface area contributed by atoms with Crippen molar-refractivity contribution in [2.45, 2.75) is 19.1 Å². The molecular weight excluding hydrogens is 323 g/mol. The van der Waals surface area contributed by atoms with Crippen LogP contribution in [0.1, 0.15) is 6.42 Å². The molecule has 0 radical (unpaired) electrons. The van der Waals surface area contributed by atoms with Gasteiger partial charge < -0.3 is 4.90 Å². The van der Waals surface area contributed by atoms with E-state index in [9.17, 15) is 9.18 Å². The fraction of sp³-hybridized carbons (Fsp3) is 0.357. The molecule has 1 unspecified atom stereocenters. The molecule has 1 fully saturated rings. The van der Waals surface area contributed by atoms with Gasteiger partial charge in [0.2, 0.25) is 5.91 Å². The van der Waals surface area contributed by atoms with E-state index < -0.39 is 0 Å². The topological polar surface area (TPSA) is 41.4 Å². The summed E-state index contributed by atoms with van der Waals surface area (Å²) >= 11 is 6.56. The van der Waals surface area contributed by atoms with E-state index in [-0.39, 0.29) is 17.8 Å². The predicted molar refractivity (Wildman–Crippen MR) is 85.9 cm³/mol. The number of nitrogens with zero attached hydrogens (tertiary/aromatic N) is 4. The quantitative estimate of drug-likeness (QED) is 0.803. The maximum Gasteiger partial charge on any atom is 0.244 e. The Kier molecular flexibility index (Phi) is 4.32. The molecule has 0 N–H and O–H groups in total. The summed E-state index contributed by atoms with van der Waals surface area (Å²) in [5.74, 6) is -0.463. The number of hydrogen-bond donors (Lipinski definition) is 0. The van der Waals surface area contributed by atoms with E-state index in [1.807, 2.05) is 11.9 Å². The number of carbonyl (C=O) groups excluding carboxylic acids is 1. The lowest BCUT2D eigenvalue weighted by molar-refractivity contribution is -0.121. The van der Waals surface area contributed by atoms with Crippen molar-refractivity contribution in [3.63, 3.8) is 0 Å². The van der Waals surface area contributed by atoms with Crippen LogP contribution in [0.4, 0.5) is 10.1 Å². The summed E-state index contributed by atoms with van der Waals surface area (Å²) in [5.41, 5.74) is 2.02. The average molecular weight is 338 g/mol. The zero-order chi connectivity index (χ0) is 15.7. The molecule has 0 saturated carbocycles. The van der Waals surface area contributed by atoms with Gasteiger partial charge in [0.15, 0.2) is 3.95 Å². The zero-order valence-electron chi connectivity index (χ0n) is 12.0. The van der Waals surface area contributed by atoms with Gasteiger partial charge in [0.1, 0.15) is 11.3 Å². The molecule has 22 heavy (non-hydrogen) atoms. The molecule has 1 aromatic carbocycles. The predicted octanol–water partition coefficient (Wildman–Crippen LogP) is 2.51. The number of carbonyl (C=O) groups is 1. The molecule has 2 aromatic rings. The number of halogens is 1. The maximum atomic E-state index is 13.9. The van der Waals surface area contributed by atoms with Crippen molar-refractivity contribution in [2.24, 2.45) is 0 Å². The number of hydrogen-bond acceptors (Lipinski definition) is 5. The van der Waals surface area contributed by atoms with E-state index >= 15 is 0 Å². The van der Waals surface area contributed by atoms with Crippen molar-refractivity contribution in [3.05, 3.63) is 39.5 Å². The summed E-state index contributed by atoms with van der Waals surface area (Å²) in [6, 6.07) is 6.06. The fourth-order valence-electron chi connectivity index (χ4n) is 2.62. The molecule has 1 aromatic heterocycles. The van der Waals surface area contributed by atoms with Crippen molar-refractivity contribution >= 4 is 35.1 Å². The van der Waals surface area contributed by atoms with Crippen molar-refractivity contribution in [1.29, 1.82) is 0 Å². The van der Waals surface area contributed by atoms with Crippen molar-refractivity contribution in [3.8, 4) is 0 Å².